The normalized spacial score (nSPS) is 10.3. The Labute approximate surface area is 99.2 Å². The number of thiocarbonyl (C=S) groups is 1. The molecule has 16 heavy (non-hydrogen) atoms. The molecule has 1 aromatic heterocycles. The summed E-state index contributed by atoms with van der Waals surface area (Å²) < 4.78 is 5.41. The van der Waals surface area contributed by atoms with Crippen LogP contribution in [0.2, 0.25) is 0 Å². The summed E-state index contributed by atoms with van der Waals surface area (Å²) in [5, 5.41) is 1.09. The highest BCUT2D eigenvalue weighted by Crippen LogP contribution is 2.19. The third-order valence-corrected chi connectivity index (χ3v) is 2.30. The van der Waals surface area contributed by atoms with Crippen molar-refractivity contribution in [3.8, 4) is 5.75 Å². The summed E-state index contributed by atoms with van der Waals surface area (Å²) in [5.41, 5.74) is 7.27. The van der Waals surface area contributed by atoms with E-state index >= 15 is 0 Å². The lowest BCUT2D eigenvalue weighted by atomic mass is 10.2. The number of pyridine rings is 1. The molecule has 0 aliphatic carbocycles. The maximum Gasteiger partial charge on any atom is 0.138 e. The minimum Gasteiger partial charge on any atom is -0.486 e. The maximum absolute atomic E-state index is 5.41. The summed E-state index contributed by atoms with van der Waals surface area (Å²) in [5.74, 6) is 0.735. The molecule has 0 fully saturated rings. The average Bonchev–Trinajstić information content (AvgIpc) is 2.25. The smallest absolute Gasteiger partial charge is 0.138 e. The van der Waals surface area contributed by atoms with Crippen LogP contribution in [0, 0.1) is 6.92 Å². The fourth-order valence-corrected chi connectivity index (χ4v) is 1.50. The molecular formula is C12H12N2OS. The molecule has 2 rings (SSSR count). The van der Waals surface area contributed by atoms with Gasteiger partial charge in [-0.05, 0) is 25.1 Å². The first-order valence-corrected chi connectivity index (χ1v) is 5.34. The van der Waals surface area contributed by atoms with Gasteiger partial charge in [0.05, 0.1) is 5.52 Å². The van der Waals surface area contributed by atoms with Gasteiger partial charge in [0, 0.05) is 17.1 Å². The van der Waals surface area contributed by atoms with Crippen LogP contribution in [-0.2, 0) is 0 Å². The Morgan fingerprint density at radius 3 is 2.88 bits per heavy atom. The van der Waals surface area contributed by atoms with Gasteiger partial charge in [-0.15, -0.1) is 0 Å². The number of aryl methyl sites for hydroxylation is 1. The van der Waals surface area contributed by atoms with Gasteiger partial charge in [-0.2, -0.15) is 0 Å². The first-order valence-electron chi connectivity index (χ1n) is 4.94. The van der Waals surface area contributed by atoms with E-state index in [1.807, 2.05) is 37.3 Å². The Kier molecular flexibility index (Phi) is 3.01. The van der Waals surface area contributed by atoms with E-state index in [1.165, 1.54) is 0 Å². The SMILES string of the molecule is Cc1ccc2ccc(OCC(N)=S)cc2n1. The molecule has 0 unspecified atom stereocenters. The van der Waals surface area contributed by atoms with Gasteiger partial charge in [-0.3, -0.25) is 4.98 Å². The zero-order valence-corrected chi connectivity index (χ0v) is 9.75. The molecule has 0 spiro atoms. The summed E-state index contributed by atoms with van der Waals surface area (Å²) in [6, 6.07) is 9.77. The Morgan fingerprint density at radius 2 is 2.12 bits per heavy atom. The second-order valence-corrected chi connectivity index (χ2v) is 4.09. The van der Waals surface area contributed by atoms with Crippen LogP contribution < -0.4 is 10.5 Å². The molecule has 0 atom stereocenters. The van der Waals surface area contributed by atoms with Crippen molar-refractivity contribution in [2.24, 2.45) is 5.73 Å². The van der Waals surface area contributed by atoms with Crippen LogP contribution in [0.4, 0.5) is 0 Å². The Morgan fingerprint density at radius 1 is 1.38 bits per heavy atom. The van der Waals surface area contributed by atoms with Crippen molar-refractivity contribution < 1.29 is 4.74 Å². The molecular weight excluding hydrogens is 220 g/mol. The largest absolute Gasteiger partial charge is 0.486 e. The van der Waals surface area contributed by atoms with Gasteiger partial charge in [-0.1, -0.05) is 18.3 Å². The number of hydrogen-bond donors (Lipinski definition) is 1. The van der Waals surface area contributed by atoms with Crippen molar-refractivity contribution in [3.63, 3.8) is 0 Å². The van der Waals surface area contributed by atoms with Gasteiger partial charge < -0.3 is 10.5 Å². The van der Waals surface area contributed by atoms with E-state index in [0.717, 1.165) is 22.3 Å². The Balaban J connectivity index is 2.31. The highest BCUT2D eigenvalue weighted by Gasteiger charge is 1.99. The highest BCUT2D eigenvalue weighted by atomic mass is 32.1. The van der Waals surface area contributed by atoms with Crippen LogP contribution in [0.5, 0.6) is 5.75 Å². The lowest BCUT2D eigenvalue weighted by molar-refractivity contribution is 0.378. The molecule has 0 amide bonds. The van der Waals surface area contributed by atoms with E-state index in [4.69, 9.17) is 22.7 Å². The van der Waals surface area contributed by atoms with Gasteiger partial charge in [0.2, 0.25) is 0 Å². The predicted octanol–water partition coefficient (Wildman–Crippen LogP) is 2.21. The topological polar surface area (TPSA) is 48.1 Å². The van der Waals surface area contributed by atoms with E-state index in [2.05, 4.69) is 4.98 Å². The second-order valence-electron chi connectivity index (χ2n) is 3.56. The first kappa shape index (κ1) is 10.8. The molecule has 1 aromatic carbocycles. The summed E-state index contributed by atoms with van der Waals surface area (Å²) in [4.78, 5) is 4.76. The minimum absolute atomic E-state index is 0.257. The molecule has 2 N–H and O–H groups in total. The summed E-state index contributed by atoms with van der Waals surface area (Å²) in [6.45, 7) is 2.22. The molecule has 2 aromatic rings. The van der Waals surface area contributed by atoms with E-state index in [-0.39, 0.29) is 6.61 Å². The van der Waals surface area contributed by atoms with Crippen molar-refractivity contribution >= 4 is 28.1 Å². The molecule has 1 heterocycles. The van der Waals surface area contributed by atoms with Crippen LogP contribution in [-0.4, -0.2) is 16.6 Å². The quantitative estimate of drug-likeness (QED) is 0.824. The number of ether oxygens (including phenoxy) is 1. The molecule has 0 radical (unpaired) electrons. The Bertz CT molecular complexity index is 540. The molecule has 0 bridgehead atoms. The molecule has 82 valence electrons. The zero-order chi connectivity index (χ0) is 11.5. The van der Waals surface area contributed by atoms with Crippen molar-refractivity contribution in [2.75, 3.05) is 6.61 Å². The number of benzene rings is 1. The van der Waals surface area contributed by atoms with Crippen LogP contribution >= 0.6 is 12.2 Å². The molecule has 0 aliphatic rings. The van der Waals surface area contributed by atoms with Crippen LogP contribution in [0.25, 0.3) is 10.9 Å². The fraction of sp³-hybridized carbons (Fsp3) is 0.167. The lowest BCUT2D eigenvalue weighted by Crippen LogP contribution is -2.17. The van der Waals surface area contributed by atoms with E-state index in [1.54, 1.807) is 0 Å². The number of nitrogens with two attached hydrogens (primary N) is 1. The molecule has 4 heteroatoms. The zero-order valence-electron chi connectivity index (χ0n) is 8.93. The Hall–Kier alpha value is -1.68. The molecule has 0 saturated carbocycles. The number of fused-ring (bicyclic) bond motifs is 1. The second kappa shape index (κ2) is 4.45. The van der Waals surface area contributed by atoms with Crippen LogP contribution in [0.15, 0.2) is 30.3 Å². The molecule has 3 nitrogen and oxygen atoms in total. The van der Waals surface area contributed by atoms with E-state index in [0.29, 0.717) is 4.99 Å². The maximum atomic E-state index is 5.41. The standard InChI is InChI=1S/C12H12N2OS/c1-8-2-3-9-4-5-10(6-11(9)14-8)15-7-12(13)16/h2-6H,7H2,1H3,(H2,13,16). The van der Waals surface area contributed by atoms with Crippen molar-refractivity contribution in [2.45, 2.75) is 6.92 Å². The molecule has 0 aliphatic heterocycles. The third kappa shape index (κ3) is 2.46. The van der Waals surface area contributed by atoms with Gasteiger partial charge in [-0.25, -0.2) is 0 Å². The predicted molar refractivity (Wildman–Crippen MR) is 68.8 cm³/mol. The number of hydrogen-bond acceptors (Lipinski definition) is 3. The summed E-state index contributed by atoms with van der Waals surface area (Å²) >= 11 is 4.75. The third-order valence-electron chi connectivity index (χ3n) is 2.18. The van der Waals surface area contributed by atoms with E-state index < -0.39 is 0 Å². The van der Waals surface area contributed by atoms with Gasteiger partial charge >= 0.3 is 0 Å². The lowest BCUT2D eigenvalue weighted by Gasteiger charge is -2.06. The van der Waals surface area contributed by atoms with Crippen molar-refractivity contribution in [3.05, 3.63) is 36.0 Å². The van der Waals surface area contributed by atoms with Crippen molar-refractivity contribution in [1.29, 1.82) is 0 Å². The average molecular weight is 232 g/mol. The first-order chi connectivity index (χ1) is 7.65. The van der Waals surface area contributed by atoms with Gasteiger partial charge in [0.15, 0.2) is 0 Å². The fourth-order valence-electron chi connectivity index (χ4n) is 1.44. The number of nitrogens with zero attached hydrogens (tertiary/aromatic N) is 1. The van der Waals surface area contributed by atoms with E-state index in [9.17, 15) is 0 Å². The highest BCUT2D eigenvalue weighted by molar-refractivity contribution is 7.80. The van der Waals surface area contributed by atoms with Crippen molar-refractivity contribution in [1.82, 2.24) is 4.98 Å². The number of rotatable bonds is 3. The number of aromatic nitrogens is 1. The summed E-state index contributed by atoms with van der Waals surface area (Å²) in [7, 11) is 0. The monoisotopic (exact) mass is 232 g/mol. The van der Waals surface area contributed by atoms with Gasteiger partial charge in [0.25, 0.3) is 0 Å². The van der Waals surface area contributed by atoms with Gasteiger partial charge in [0.1, 0.15) is 17.3 Å². The minimum atomic E-state index is 0.257. The van der Waals surface area contributed by atoms with Crippen LogP contribution in [0.3, 0.4) is 0 Å². The molecule has 0 saturated heterocycles. The van der Waals surface area contributed by atoms with Crippen LogP contribution in [0.1, 0.15) is 5.69 Å². The summed E-state index contributed by atoms with van der Waals surface area (Å²) in [6.07, 6.45) is 0.